The van der Waals surface area contributed by atoms with Crippen LogP contribution in [0.1, 0.15) is 48.0 Å². The lowest BCUT2D eigenvalue weighted by Gasteiger charge is -2.20. The first-order valence-electron chi connectivity index (χ1n) is 7.04. The fourth-order valence-electron chi connectivity index (χ4n) is 1.58. The van der Waals surface area contributed by atoms with Gasteiger partial charge in [0, 0.05) is 24.3 Å². The maximum absolute atomic E-state index is 11.7. The number of carbonyl (C=O) groups excluding carboxylic acids is 3. The van der Waals surface area contributed by atoms with Gasteiger partial charge in [-0.1, -0.05) is 0 Å². The Morgan fingerprint density at radius 3 is 2.05 bits per heavy atom. The van der Waals surface area contributed by atoms with E-state index in [4.69, 9.17) is 0 Å². The van der Waals surface area contributed by atoms with Crippen LogP contribution >= 0.6 is 0 Å². The van der Waals surface area contributed by atoms with Gasteiger partial charge in [0.25, 0.3) is 0 Å². The molecule has 0 aliphatic heterocycles. The second-order valence-corrected chi connectivity index (χ2v) is 5.74. The standard InChI is InChI=1S/C14H26N4O3/c1-7-18(8-2)13(21)12(20)17-16-10(3)9-11(19)15-14(4,5)6/h7-9H2,1-6H3,(H,15,19)(H,17,20). The molecule has 0 heterocycles. The molecular formula is C14H26N4O3. The third-order valence-electron chi connectivity index (χ3n) is 2.52. The van der Waals surface area contributed by atoms with Crippen LogP contribution in [0.15, 0.2) is 5.10 Å². The van der Waals surface area contributed by atoms with Crippen molar-refractivity contribution in [1.29, 1.82) is 0 Å². The molecule has 0 unspecified atom stereocenters. The number of carbonyl (C=O) groups is 3. The van der Waals surface area contributed by atoms with Crippen molar-refractivity contribution < 1.29 is 14.4 Å². The second-order valence-electron chi connectivity index (χ2n) is 5.74. The van der Waals surface area contributed by atoms with Crippen LogP contribution in [-0.2, 0) is 14.4 Å². The Balaban J connectivity index is 4.44. The van der Waals surface area contributed by atoms with Crippen molar-refractivity contribution in [2.24, 2.45) is 5.10 Å². The van der Waals surface area contributed by atoms with Crippen molar-refractivity contribution in [3.63, 3.8) is 0 Å². The quantitative estimate of drug-likeness (QED) is 0.443. The summed E-state index contributed by atoms with van der Waals surface area (Å²) in [5, 5.41) is 6.56. The first-order chi connectivity index (χ1) is 9.60. The predicted molar refractivity (Wildman–Crippen MR) is 81.7 cm³/mol. The van der Waals surface area contributed by atoms with E-state index >= 15 is 0 Å². The van der Waals surface area contributed by atoms with Crippen molar-refractivity contribution in [3.8, 4) is 0 Å². The van der Waals surface area contributed by atoms with Gasteiger partial charge in [-0.15, -0.1) is 0 Å². The Bertz CT molecular complexity index is 420. The average molecular weight is 298 g/mol. The third kappa shape index (κ3) is 8.06. The first-order valence-corrected chi connectivity index (χ1v) is 7.04. The monoisotopic (exact) mass is 298 g/mol. The minimum atomic E-state index is -0.797. The molecule has 3 amide bonds. The number of hydrogen-bond acceptors (Lipinski definition) is 4. The van der Waals surface area contributed by atoms with Crippen LogP contribution in [0.25, 0.3) is 0 Å². The molecule has 0 bridgehead atoms. The van der Waals surface area contributed by atoms with Gasteiger partial charge in [-0.2, -0.15) is 5.10 Å². The molecule has 7 heteroatoms. The summed E-state index contributed by atoms with van der Waals surface area (Å²) in [6.07, 6.45) is 0.0665. The van der Waals surface area contributed by atoms with E-state index < -0.39 is 11.8 Å². The summed E-state index contributed by atoms with van der Waals surface area (Å²) in [6, 6.07) is 0. The topological polar surface area (TPSA) is 90.9 Å². The molecule has 0 aromatic carbocycles. The van der Waals surface area contributed by atoms with Gasteiger partial charge in [-0.3, -0.25) is 14.4 Å². The van der Waals surface area contributed by atoms with Gasteiger partial charge in [0.15, 0.2) is 0 Å². The molecule has 0 saturated heterocycles. The lowest BCUT2D eigenvalue weighted by atomic mass is 10.1. The summed E-state index contributed by atoms with van der Waals surface area (Å²) in [5.74, 6) is -1.61. The van der Waals surface area contributed by atoms with E-state index in [9.17, 15) is 14.4 Å². The zero-order chi connectivity index (χ0) is 16.6. The van der Waals surface area contributed by atoms with Crippen molar-refractivity contribution in [1.82, 2.24) is 15.6 Å². The zero-order valence-corrected chi connectivity index (χ0v) is 13.7. The van der Waals surface area contributed by atoms with E-state index in [-0.39, 0.29) is 17.9 Å². The molecule has 120 valence electrons. The number of hydrogen-bond donors (Lipinski definition) is 2. The zero-order valence-electron chi connectivity index (χ0n) is 13.7. The summed E-state index contributed by atoms with van der Waals surface area (Å²) >= 11 is 0. The van der Waals surface area contributed by atoms with Crippen LogP contribution in [0, 0.1) is 0 Å². The predicted octanol–water partition coefficient (Wildman–Crippen LogP) is 0.652. The molecule has 0 radical (unpaired) electrons. The fraction of sp³-hybridized carbons (Fsp3) is 0.714. The number of nitrogens with one attached hydrogen (secondary N) is 2. The lowest BCUT2D eigenvalue weighted by Crippen LogP contribution is -2.42. The molecular weight excluding hydrogens is 272 g/mol. The Morgan fingerprint density at radius 2 is 1.62 bits per heavy atom. The maximum atomic E-state index is 11.7. The van der Waals surface area contributed by atoms with Gasteiger partial charge < -0.3 is 10.2 Å². The summed E-state index contributed by atoms with van der Waals surface area (Å²) in [5.41, 5.74) is 2.29. The molecule has 0 atom stereocenters. The van der Waals surface area contributed by atoms with E-state index in [0.29, 0.717) is 18.8 Å². The van der Waals surface area contributed by atoms with Crippen LogP contribution in [0.3, 0.4) is 0 Å². The molecule has 2 N–H and O–H groups in total. The fourth-order valence-corrected chi connectivity index (χ4v) is 1.58. The molecule has 0 aliphatic rings. The third-order valence-corrected chi connectivity index (χ3v) is 2.52. The van der Waals surface area contributed by atoms with Gasteiger partial charge in [0.05, 0.1) is 6.42 Å². The largest absolute Gasteiger partial charge is 0.351 e. The van der Waals surface area contributed by atoms with Gasteiger partial charge in [0.1, 0.15) is 0 Å². The Kier molecular flexibility index (Phi) is 7.62. The minimum Gasteiger partial charge on any atom is -0.351 e. The first kappa shape index (κ1) is 19.1. The number of amides is 3. The smallest absolute Gasteiger partial charge is 0.329 e. The molecule has 0 aromatic rings. The minimum absolute atomic E-state index is 0.0665. The van der Waals surface area contributed by atoms with Gasteiger partial charge >= 0.3 is 11.8 Å². The van der Waals surface area contributed by atoms with Crippen molar-refractivity contribution in [2.45, 2.75) is 53.5 Å². The number of rotatable bonds is 5. The van der Waals surface area contributed by atoms with Gasteiger partial charge in [-0.25, -0.2) is 5.43 Å². The van der Waals surface area contributed by atoms with E-state index in [2.05, 4.69) is 15.8 Å². The van der Waals surface area contributed by atoms with E-state index in [1.807, 2.05) is 20.8 Å². The van der Waals surface area contributed by atoms with E-state index in [1.54, 1.807) is 20.8 Å². The number of likely N-dealkylation sites (N-methyl/N-ethyl adjacent to an activating group) is 1. The van der Waals surface area contributed by atoms with Crippen LogP contribution in [-0.4, -0.2) is 47.0 Å². The Morgan fingerprint density at radius 1 is 1.10 bits per heavy atom. The average Bonchev–Trinajstić information content (AvgIpc) is 2.34. The normalized spacial score (nSPS) is 11.8. The molecule has 0 spiro atoms. The molecule has 0 aliphatic carbocycles. The lowest BCUT2D eigenvalue weighted by molar-refractivity contribution is -0.145. The molecule has 0 aromatic heterocycles. The Labute approximate surface area is 126 Å². The SMILES string of the molecule is CCN(CC)C(=O)C(=O)NN=C(C)CC(=O)NC(C)(C)C. The highest BCUT2D eigenvalue weighted by Gasteiger charge is 2.19. The van der Waals surface area contributed by atoms with Crippen molar-refractivity contribution >= 4 is 23.4 Å². The second kappa shape index (κ2) is 8.39. The summed E-state index contributed by atoms with van der Waals surface area (Å²) in [4.78, 5) is 36.4. The molecule has 7 nitrogen and oxygen atoms in total. The van der Waals surface area contributed by atoms with Crippen LogP contribution in [0.2, 0.25) is 0 Å². The molecule has 0 saturated carbocycles. The summed E-state index contributed by atoms with van der Waals surface area (Å²) in [7, 11) is 0. The van der Waals surface area contributed by atoms with Crippen LogP contribution in [0.5, 0.6) is 0 Å². The highest BCUT2D eigenvalue weighted by atomic mass is 16.2. The molecule has 0 rings (SSSR count). The highest BCUT2D eigenvalue weighted by molar-refractivity contribution is 6.35. The summed E-state index contributed by atoms with van der Waals surface area (Å²) < 4.78 is 0. The molecule has 0 fully saturated rings. The van der Waals surface area contributed by atoms with E-state index in [0.717, 1.165) is 0 Å². The van der Waals surface area contributed by atoms with E-state index in [1.165, 1.54) is 4.90 Å². The van der Waals surface area contributed by atoms with Crippen LogP contribution in [0.4, 0.5) is 0 Å². The summed E-state index contributed by atoms with van der Waals surface area (Å²) in [6.45, 7) is 11.7. The highest BCUT2D eigenvalue weighted by Crippen LogP contribution is 1.99. The van der Waals surface area contributed by atoms with Gasteiger partial charge in [-0.05, 0) is 41.5 Å². The van der Waals surface area contributed by atoms with Crippen molar-refractivity contribution in [3.05, 3.63) is 0 Å². The molecule has 21 heavy (non-hydrogen) atoms. The van der Waals surface area contributed by atoms with Crippen molar-refractivity contribution in [2.75, 3.05) is 13.1 Å². The van der Waals surface area contributed by atoms with Gasteiger partial charge in [0.2, 0.25) is 5.91 Å². The Hall–Kier alpha value is -1.92. The number of hydrazone groups is 1. The van der Waals surface area contributed by atoms with Crippen LogP contribution < -0.4 is 10.7 Å². The number of nitrogens with zero attached hydrogens (tertiary/aromatic N) is 2. The maximum Gasteiger partial charge on any atom is 0.329 e.